The van der Waals surface area contributed by atoms with Crippen LogP contribution in [0, 0.1) is 6.92 Å². The van der Waals surface area contributed by atoms with Crippen LogP contribution < -0.4 is 10.5 Å². The number of aromatic nitrogens is 3. The lowest BCUT2D eigenvalue weighted by atomic mass is 10.1. The van der Waals surface area contributed by atoms with Crippen LogP contribution in [0.25, 0.3) is 11.4 Å². The highest BCUT2D eigenvalue weighted by atomic mass is 32.2. The minimum absolute atomic E-state index is 0.0518. The molecule has 3 N–H and O–H groups in total. The van der Waals surface area contributed by atoms with E-state index in [9.17, 15) is 13.2 Å². The second-order valence-electron chi connectivity index (χ2n) is 7.42. The quantitative estimate of drug-likeness (QED) is 0.626. The van der Waals surface area contributed by atoms with Gasteiger partial charge in [-0.1, -0.05) is 18.6 Å². The number of nitrogens with zero attached hydrogens (tertiary/aromatic N) is 3. The van der Waals surface area contributed by atoms with Crippen LogP contribution in [0.5, 0.6) is 0 Å². The fourth-order valence-corrected chi connectivity index (χ4v) is 5.33. The summed E-state index contributed by atoms with van der Waals surface area (Å²) in [6.45, 7) is 2.83. The average Bonchev–Trinajstić information content (AvgIpc) is 3.25. The van der Waals surface area contributed by atoms with Gasteiger partial charge in [0.2, 0.25) is 15.9 Å². The molecule has 8 nitrogen and oxygen atoms in total. The van der Waals surface area contributed by atoms with Crippen molar-refractivity contribution in [2.75, 3.05) is 5.32 Å². The average molecular weight is 446 g/mol. The lowest BCUT2D eigenvalue weighted by Gasteiger charge is -2.12. The van der Waals surface area contributed by atoms with Gasteiger partial charge in [0.05, 0.1) is 6.42 Å². The summed E-state index contributed by atoms with van der Waals surface area (Å²) in [6, 6.07) is 8.89. The van der Waals surface area contributed by atoms with Crippen LogP contribution in [0.2, 0.25) is 0 Å². The molecule has 0 radical (unpaired) electrons. The first kappa shape index (κ1) is 20.7. The van der Waals surface area contributed by atoms with Gasteiger partial charge in [-0.3, -0.25) is 4.79 Å². The van der Waals surface area contributed by atoms with Crippen molar-refractivity contribution in [2.24, 2.45) is 5.14 Å². The molecule has 3 heterocycles. The van der Waals surface area contributed by atoms with Crippen LogP contribution in [0.15, 0.2) is 34.5 Å². The van der Waals surface area contributed by atoms with Crippen molar-refractivity contribution in [2.45, 2.75) is 49.8 Å². The molecule has 2 aromatic heterocycles. The summed E-state index contributed by atoms with van der Waals surface area (Å²) in [5.41, 5.74) is 2.54. The number of hydrogen-bond donors (Lipinski definition) is 2. The number of anilines is 1. The summed E-state index contributed by atoms with van der Waals surface area (Å²) in [6.07, 6.45) is 4.43. The van der Waals surface area contributed by atoms with Crippen LogP contribution in [0.1, 0.15) is 35.5 Å². The number of primary sulfonamides is 1. The predicted molar refractivity (Wildman–Crippen MR) is 116 cm³/mol. The van der Waals surface area contributed by atoms with Crippen molar-refractivity contribution in [1.29, 1.82) is 0 Å². The Kier molecular flexibility index (Phi) is 5.72. The molecule has 0 atom stereocenters. The Balaban J connectivity index is 1.53. The maximum atomic E-state index is 12.6. The van der Waals surface area contributed by atoms with Gasteiger partial charge < -0.3 is 9.88 Å². The Hall–Kier alpha value is -2.56. The number of aryl methyl sites for hydroxylation is 2. The summed E-state index contributed by atoms with van der Waals surface area (Å²) in [5, 5.41) is 16.8. The molecule has 4 rings (SSSR count). The third-order valence-corrected chi connectivity index (χ3v) is 7.66. The summed E-state index contributed by atoms with van der Waals surface area (Å²) in [4.78, 5) is 13.2. The van der Waals surface area contributed by atoms with E-state index in [0.717, 1.165) is 59.9 Å². The number of thiophene rings is 1. The molecule has 0 aliphatic carbocycles. The van der Waals surface area contributed by atoms with E-state index < -0.39 is 10.0 Å². The Labute approximate surface area is 179 Å². The maximum absolute atomic E-state index is 12.6. The van der Waals surface area contributed by atoms with Crippen molar-refractivity contribution in [1.82, 2.24) is 14.8 Å². The summed E-state index contributed by atoms with van der Waals surface area (Å²) < 4.78 is 25.1. The van der Waals surface area contributed by atoms with Gasteiger partial charge in [-0.2, -0.15) is 0 Å². The number of carbonyl (C=O) groups excluding carboxylic acids is 1. The second-order valence-corrected chi connectivity index (χ2v) is 10.4. The molecular weight excluding hydrogens is 422 g/mol. The van der Waals surface area contributed by atoms with Gasteiger partial charge in [-0.05, 0) is 43.5 Å². The first-order valence-corrected chi connectivity index (χ1v) is 12.1. The Bertz CT molecular complexity index is 1200. The fourth-order valence-electron chi connectivity index (χ4n) is 3.55. The zero-order valence-corrected chi connectivity index (χ0v) is 18.2. The van der Waals surface area contributed by atoms with E-state index >= 15 is 0 Å². The van der Waals surface area contributed by atoms with Crippen molar-refractivity contribution in [3.05, 3.63) is 46.6 Å². The highest BCUT2D eigenvalue weighted by Crippen LogP contribution is 2.27. The predicted octanol–water partition coefficient (Wildman–Crippen LogP) is 2.87. The van der Waals surface area contributed by atoms with Crippen LogP contribution in [0.3, 0.4) is 0 Å². The number of hydrogen-bond acceptors (Lipinski definition) is 6. The molecule has 0 spiro atoms. The first-order valence-electron chi connectivity index (χ1n) is 9.76. The van der Waals surface area contributed by atoms with Gasteiger partial charge >= 0.3 is 0 Å². The van der Waals surface area contributed by atoms with E-state index in [0.29, 0.717) is 10.6 Å². The van der Waals surface area contributed by atoms with Crippen molar-refractivity contribution >= 4 is 33.0 Å². The van der Waals surface area contributed by atoms with E-state index in [1.54, 1.807) is 6.07 Å². The van der Waals surface area contributed by atoms with Crippen LogP contribution >= 0.6 is 11.3 Å². The number of fused-ring (bicyclic) bond motifs is 1. The highest BCUT2D eigenvalue weighted by Gasteiger charge is 2.18. The molecule has 1 aromatic carbocycles. The molecule has 3 aromatic rings. The monoisotopic (exact) mass is 445 g/mol. The molecule has 1 aliphatic rings. The summed E-state index contributed by atoms with van der Waals surface area (Å²) in [5.74, 6) is 1.61. The molecule has 0 fully saturated rings. The lowest BCUT2D eigenvalue weighted by Crippen LogP contribution is -2.15. The number of rotatable bonds is 5. The summed E-state index contributed by atoms with van der Waals surface area (Å²) in [7, 11) is -3.75. The first-order chi connectivity index (χ1) is 14.3. The molecule has 158 valence electrons. The van der Waals surface area contributed by atoms with Crippen molar-refractivity contribution in [3.8, 4) is 11.4 Å². The number of amides is 1. The number of sulfonamides is 1. The largest absolute Gasteiger partial charge is 0.326 e. The van der Waals surface area contributed by atoms with Gasteiger partial charge in [-0.15, -0.1) is 21.5 Å². The van der Waals surface area contributed by atoms with Crippen LogP contribution in [-0.2, 0) is 34.2 Å². The van der Waals surface area contributed by atoms with Crippen LogP contribution in [0.4, 0.5) is 5.69 Å². The molecule has 0 saturated carbocycles. The molecule has 10 heteroatoms. The van der Waals surface area contributed by atoms with Crippen molar-refractivity contribution in [3.63, 3.8) is 0 Å². The highest BCUT2D eigenvalue weighted by molar-refractivity contribution is 7.91. The third kappa shape index (κ3) is 4.45. The van der Waals surface area contributed by atoms with Gasteiger partial charge in [0.15, 0.2) is 5.82 Å². The third-order valence-electron chi connectivity index (χ3n) is 5.13. The van der Waals surface area contributed by atoms with E-state index in [1.165, 1.54) is 12.5 Å². The molecule has 30 heavy (non-hydrogen) atoms. The zero-order chi connectivity index (χ0) is 21.3. The van der Waals surface area contributed by atoms with Gasteiger partial charge in [0.1, 0.15) is 10.0 Å². The van der Waals surface area contributed by atoms with Gasteiger partial charge in [-0.25, -0.2) is 13.6 Å². The van der Waals surface area contributed by atoms with E-state index in [2.05, 4.69) is 20.1 Å². The van der Waals surface area contributed by atoms with E-state index in [-0.39, 0.29) is 16.5 Å². The zero-order valence-electron chi connectivity index (χ0n) is 16.6. The molecular formula is C20H23N5O3S2. The second kappa shape index (κ2) is 8.29. The fraction of sp³-hybridized carbons (Fsp3) is 0.350. The van der Waals surface area contributed by atoms with E-state index in [1.807, 2.05) is 25.1 Å². The Morgan fingerprint density at radius 1 is 1.20 bits per heavy atom. The molecule has 0 bridgehead atoms. The van der Waals surface area contributed by atoms with Gasteiger partial charge in [0, 0.05) is 29.1 Å². The summed E-state index contributed by atoms with van der Waals surface area (Å²) >= 11 is 1.01. The minimum Gasteiger partial charge on any atom is -0.326 e. The maximum Gasteiger partial charge on any atom is 0.247 e. The number of nitrogens with one attached hydrogen (secondary N) is 1. The van der Waals surface area contributed by atoms with Crippen molar-refractivity contribution < 1.29 is 13.2 Å². The Morgan fingerprint density at radius 2 is 2.03 bits per heavy atom. The molecule has 0 unspecified atom stereocenters. The van der Waals surface area contributed by atoms with E-state index in [4.69, 9.17) is 5.14 Å². The Morgan fingerprint density at radius 3 is 2.80 bits per heavy atom. The molecule has 1 aliphatic heterocycles. The standard InChI is InChI=1S/C20H23N5O3S2/c1-13-6-7-14(20-24-23-17-5-3-2-4-10-25(17)20)11-16(13)22-18(26)12-15-8-9-19(29-15)30(21,27)28/h6-9,11H,2-5,10,12H2,1H3,(H,22,26)(H2,21,27,28). The normalized spacial score (nSPS) is 14.2. The number of carbonyl (C=O) groups is 1. The molecule has 0 saturated heterocycles. The topological polar surface area (TPSA) is 120 Å². The minimum atomic E-state index is -3.75. The molecule has 1 amide bonds. The van der Waals surface area contributed by atoms with Gasteiger partial charge in [0.25, 0.3) is 0 Å². The number of benzene rings is 1. The lowest BCUT2D eigenvalue weighted by molar-refractivity contribution is -0.115. The number of nitrogens with two attached hydrogens (primary N) is 1. The smallest absolute Gasteiger partial charge is 0.247 e. The SMILES string of the molecule is Cc1ccc(-c2nnc3n2CCCCC3)cc1NC(=O)Cc1ccc(S(N)(=O)=O)s1. The van der Waals surface area contributed by atoms with Crippen LogP contribution in [-0.4, -0.2) is 29.1 Å².